The standard InChI is InChI=1S/C21H16ClNO4S/c1-2-23-19(20(24)15-11-10-13-6-3-4-7-14(13)12-15)21(25)18-16(22)8-5-9-17(18)28(23,26)27/h3-12,19H,2H2,1H3. The lowest BCUT2D eigenvalue weighted by molar-refractivity contribution is 0.0771. The maximum atomic E-state index is 13.3. The van der Waals surface area contributed by atoms with Gasteiger partial charge in [0.25, 0.3) is 0 Å². The van der Waals surface area contributed by atoms with Crippen molar-refractivity contribution in [2.24, 2.45) is 0 Å². The van der Waals surface area contributed by atoms with Crippen molar-refractivity contribution in [3.8, 4) is 0 Å². The van der Waals surface area contributed by atoms with Gasteiger partial charge in [0, 0.05) is 12.1 Å². The number of likely N-dealkylation sites (N-methyl/N-ethyl adjacent to an activating group) is 1. The van der Waals surface area contributed by atoms with Gasteiger partial charge in [0.15, 0.2) is 17.6 Å². The topological polar surface area (TPSA) is 71.5 Å². The zero-order valence-corrected chi connectivity index (χ0v) is 16.5. The number of benzene rings is 3. The van der Waals surface area contributed by atoms with Gasteiger partial charge in [-0.05, 0) is 29.0 Å². The van der Waals surface area contributed by atoms with Crippen LogP contribution in [0.5, 0.6) is 0 Å². The molecule has 0 saturated heterocycles. The van der Waals surface area contributed by atoms with Crippen molar-refractivity contribution in [2.45, 2.75) is 17.9 Å². The molecule has 3 aromatic carbocycles. The van der Waals surface area contributed by atoms with Gasteiger partial charge in [-0.1, -0.05) is 61.0 Å². The van der Waals surface area contributed by atoms with E-state index in [0.717, 1.165) is 15.1 Å². The molecule has 0 saturated carbocycles. The molecule has 4 rings (SSSR count). The summed E-state index contributed by atoms with van der Waals surface area (Å²) >= 11 is 6.13. The summed E-state index contributed by atoms with van der Waals surface area (Å²) in [6, 6.07) is 15.4. The van der Waals surface area contributed by atoms with Gasteiger partial charge in [-0.25, -0.2) is 8.42 Å². The minimum absolute atomic E-state index is 0.00991. The molecule has 0 aliphatic carbocycles. The predicted octanol–water partition coefficient (Wildman–Crippen LogP) is 3.95. The van der Waals surface area contributed by atoms with E-state index >= 15 is 0 Å². The molecule has 3 aromatic rings. The highest BCUT2D eigenvalue weighted by atomic mass is 35.5. The van der Waals surface area contributed by atoms with E-state index in [1.807, 2.05) is 24.3 Å². The van der Waals surface area contributed by atoms with Crippen molar-refractivity contribution in [3.05, 3.63) is 76.8 Å². The Hall–Kier alpha value is -2.54. The quantitative estimate of drug-likeness (QED) is 0.481. The molecule has 1 heterocycles. The highest BCUT2D eigenvalue weighted by Crippen LogP contribution is 2.35. The lowest BCUT2D eigenvalue weighted by Gasteiger charge is -2.33. The molecule has 1 unspecified atom stereocenters. The number of ketones is 2. The van der Waals surface area contributed by atoms with Crippen LogP contribution in [0.3, 0.4) is 0 Å². The molecule has 1 aliphatic rings. The Morgan fingerprint density at radius 2 is 1.75 bits per heavy atom. The van der Waals surface area contributed by atoms with E-state index in [-0.39, 0.29) is 27.6 Å². The van der Waals surface area contributed by atoms with E-state index in [4.69, 9.17) is 11.6 Å². The zero-order valence-electron chi connectivity index (χ0n) is 14.9. The Balaban J connectivity index is 1.88. The Bertz CT molecular complexity index is 1240. The summed E-state index contributed by atoms with van der Waals surface area (Å²) < 4.78 is 27.1. The fourth-order valence-corrected chi connectivity index (χ4v) is 5.70. The summed E-state index contributed by atoms with van der Waals surface area (Å²) in [5.74, 6) is -1.16. The molecule has 0 radical (unpaired) electrons. The second-order valence-corrected chi connectivity index (χ2v) is 8.78. The maximum absolute atomic E-state index is 13.3. The van der Waals surface area contributed by atoms with E-state index in [1.165, 1.54) is 18.2 Å². The van der Waals surface area contributed by atoms with Crippen LogP contribution >= 0.6 is 11.6 Å². The maximum Gasteiger partial charge on any atom is 0.244 e. The first-order valence-electron chi connectivity index (χ1n) is 8.74. The summed E-state index contributed by atoms with van der Waals surface area (Å²) in [6.45, 7) is 1.59. The number of carbonyl (C=O) groups is 2. The van der Waals surface area contributed by atoms with Crippen LogP contribution in [-0.2, 0) is 10.0 Å². The van der Waals surface area contributed by atoms with Crippen LogP contribution in [0.1, 0.15) is 27.6 Å². The van der Waals surface area contributed by atoms with Gasteiger partial charge in [-0.2, -0.15) is 4.31 Å². The SMILES string of the molecule is CCN1C(C(=O)c2ccc3ccccc3c2)C(=O)c2c(Cl)cccc2S1(=O)=O. The number of halogens is 1. The molecule has 5 nitrogen and oxygen atoms in total. The van der Waals surface area contributed by atoms with Gasteiger partial charge in [-0.15, -0.1) is 0 Å². The normalized spacial score (nSPS) is 18.8. The van der Waals surface area contributed by atoms with Crippen LogP contribution in [0, 0.1) is 0 Å². The van der Waals surface area contributed by atoms with Crippen molar-refractivity contribution in [1.82, 2.24) is 4.31 Å². The van der Waals surface area contributed by atoms with Gasteiger partial charge in [0.2, 0.25) is 10.0 Å². The first-order valence-corrected chi connectivity index (χ1v) is 10.6. The molecule has 0 bridgehead atoms. The number of Topliss-reactive ketones (excluding diaryl/α,β-unsaturated/α-hetero) is 2. The molecule has 0 N–H and O–H groups in total. The van der Waals surface area contributed by atoms with Crippen LogP contribution in [0.15, 0.2) is 65.6 Å². The minimum Gasteiger partial charge on any atom is -0.292 e. The first-order chi connectivity index (χ1) is 13.4. The second kappa shape index (κ2) is 6.81. The second-order valence-electron chi connectivity index (χ2n) is 6.51. The first kappa shape index (κ1) is 18.8. The zero-order chi connectivity index (χ0) is 20.1. The fourth-order valence-electron chi connectivity index (χ4n) is 3.59. The Labute approximate surface area is 167 Å². The molecular formula is C21H16ClNO4S. The largest absolute Gasteiger partial charge is 0.292 e. The van der Waals surface area contributed by atoms with E-state index in [1.54, 1.807) is 25.1 Å². The Morgan fingerprint density at radius 3 is 2.46 bits per heavy atom. The molecule has 142 valence electrons. The van der Waals surface area contributed by atoms with Crippen molar-refractivity contribution in [2.75, 3.05) is 6.54 Å². The van der Waals surface area contributed by atoms with Gasteiger partial charge in [0.05, 0.1) is 15.5 Å². The lowest BCUT2D eigenvalue weighted by Crippen LogP contribution is -2.53. The van der Waals surface area contributed by atoms with Gasteiger partial charge in [0.1, 0.15) is 0 Å². The Morgan fingerprint density at radius 1 is 1.04 bits per heavy atom. The van der Waals surface area contributed by atoms with Crippen molar-refractivity contribution in [3.63, 3.8) is 0 Å². The summed E-state index contributed by atoms with van der Waals surface area (Å²) in [4.78, 5) is 26.3. The third-order valence-electron chi connectivity index (χ3n) is 4.94. The third kappa shape index (κ3) is 2.76. The molecule has 7 heteroatoms. The molecule has 0 spiro atoms. The van der Waals surface area contributed by atoms with E-state index < -0.39 is 27.6 Å². The molecule has 28 heavy (non-hydrogen) atoms. The van der Waals surface area contributed by atoms with Crippen molar-refractivity contribution >= 4 is 44.0 Å². The van der Waals surface area contributed by atoms with Gasteiger partial charge in [-0.3, -0.25) is 9.59 Å². The fraction of sp³-hybridized carbons (Fsp3) is 0.143. The summed E-state index contributed by atoms with van der Waals surface area (Å²) in [5.41, 5.74) is 0.161. The van der Waals surface area contributed by atoms with Crippen molar-refractivity contribution in [1.29, 1.82) is 0 Å². The number of hydrogen-bond donors (Lipinski definition) is 0. The lowest BCUT2D eigenvalue weighted by atomic mass is 9.94. The summed E-state index contributed by atoms with van der Waals surface area (Å²) in [6.07, 6.45) is 0. The number of hydrogen-bond acceptors (Lipinski definition) is 4. The Kier molecular flexibility index (Phi) is 4.57. The highest BCUT2D eigenvalue weighted by molar-refractivity contribution is 7.89. The highest BCUT2D eigenvalue weighted by Gasteiger charge is 2.47. The van der Waals surface area contributed by atoms with Crippen LogP contribution in [-0.4, -0.2) is 36.9 Å². The average molecular weight is 414 g/mol. The summed E-state index contributed by atoms with van der Waals surface area (Å²) in [7, 11) is -4.03. The third-order valence-corrected chi connectivity index (χ3v) is 7.24. The van der Waals surface area contributed by atoms with Gasteiger partial charge >= 0.3 is 0 Å². The average Bonchev–Trinajstić information content (AvgIpc) is 2.69. The number of rotatable bonds is 3. The molecule has 1 aliphatic heterocycles. The van der Waals surface area contributed by atoms with Crippen LogP contribution in [0.2, 0.25) is 5.02 Å². The van der Waals surface area contributed by atoms with E-state index in [9.17, 15) is 18.0 Å². The molecule has 0 amide bonds. The monoisotopic (exact) mass is 413 g/mol. The van der Waals surface area contributed by atoms with Gasteiger partial charge < -0.3 is 0 Å². The number of sulfonamides is 1. The molecule has 0 aromatic heterocycles. The van der Waals surface area contributed by atoms with E-state index in [0.29, 0.717) is 0 Å². The number of nitrogens with zero attached hydrogens (tertiary/aromatic N) is 1. The molecule has 1 atom stereocenters. The summed E-state index contributed by atoms with van der Waals surface area (Å²) in [5, 5.41) is 1.81. The van der Waals surface area contributed by atoms with E-state index in [2.05, 4.69) is 0 Å². The minimum atomic E-state index is -4.03. The van der Waals surface area contributed by atoms with Crippen LogP contribution in [0.4, 0.5) is 0 Å². The predicted molar refractivity (Wildman–Crippen MR) is 107 cm³/mol. The van der Waals surface area contributed by atoms with Crippen LogP contribution in [0.25, 0.3) is 10.8 Å². The van der Waals surface area contributed by atoms with Crippen LogP contribution < -0.4 is 0 Å². The molecule has 0 fully saturated rings. The smallest absolute Gasteiger partial charge is 0.244 e. The van der Waals surface area contributed by atoms with Crippen molar-refractivity contribution < 1.29 is 18.0 Å². The number of fused-ring (bicyclic) bond motifs is 2. The molecular weight excluding hydrogens is 398 g/mol. The number of carbonyl (C=O) groups excluding carboxylic acids is 2.